The van der Waals surface area contributed by atoms with Crippen LogP contribution < -0.4 is 16.0 Å². The number of hydrogen-bond donors (Lipinski definition) is 3. The molecular formula is C20H32N4O. The minimum atomic E-state index is 0.0334. The molecule has 2 aliphatic rings. The first-order valence-corrected chi connectivity index (χ1v) is 9.85. The zero-order valence-electron chi connectivity index (χ0n) is 15.4. The molecule has 2 heterocycles. The van der Waals surface area contributed by atoms with E-state index in [-0.39, 0.29) is 6.03 Å². The van der Waals surface area contributed by atoms with E-state index in [0.29, 0.717) is 12.0 Å². The number of benzene rings is 1. The van der Waals surface area contributed by atoms with Crippen LogP contribution in [0.15, 0.2) is 24.3 Å². The molecule has 2 saturated heterocycles. The summed E-state index contributed by atoms with van der Waals surface area (Å²) in [7, 11) is 0. The summed E-state index contributed by atoms with van der Waals surface area (Å²) >= 11 is 0. The van der Waals surface area contributed by atoms with Crippen LogP contribution in [0.4, 0.5) is 16.2 Å². The van der Waals surface area contributed by atoms with Crippen LogP contribution in [0.3, 0.4) is 0 Å². The second kappa shape index (κ2) is 9.09. The van der Waals surface area contributed by atoms with Gasteiger partial charge < -0.3 is 20.9 Å². The topological polar surface area (TPSA) is 56.4 Å². The number of anilines is 2. The van der Waals surface area contributed by atoms with Crippen molar-refractivity contribution in [2.75, 3.05) is 36.8 Å². The number of carbonyl (C=O) groups excluding carboxylic acids is 1. The van der Waals surface area contributed by atoms with Gasteiger partial charge >= 0.3 is 6.03 Å². The van der Waals surface area contributed by atoms with Gasteiger partial charge in [0.2, 0.25) is 0 Å². The predicted molar refractivity (Wildman–Crippen MR) is 104 cm³/mol. The Morgan fingerprint density at radius 3 is 2.36 bits per heavy atom. The molecule has 2 atom stereocenters. The molecule has 5 nitrogen and oxygen atoms in total. The summed E-state index contributed by atoms with van der Waals surface area (Å²) in [5.74, 6) is 0.664. The van der Waals surface area contributed by atoms with Crippen LogP contribution in [0, 0.1) is 5.92 Å². The molecule has 0 saturated carbocycles. The van der Waals surface area contributed by atoms with Crippen molar-refractivity contribution in [3.05, 3.63) is 24.3 Å². The first-order chi connectivity index (χ1) is 12.2. The van der Waals surface area contributed by atoms with Crippen LogP contribution in [0.5, 0.6) is 0 Å². The zero-order valence-corrected chi connectivity index (χ0v) is 15.4. The van der Waals surface area contributed by atoms with Crippen molar-refractivity contribution in [2.24, 2.45) is 5.92 Å². The third-order valence-corrected chi connectivity index (χ3v) is 5.48. The van der Waals surface area contributed by atoms with Gasteiger partial charge in [0.1, 0.15) is 0 Å². The van der Waals surface area contributed by atoms with Crippen LogP contribution in [0.25, 0.3) is 0 Å². The molecule has 2 fully saturated rings. The highest BCUT2D eigenvalue weighted by atomic mass is 16.2. The first-order valence-electron chi connectivity index (χ1n) is 9.85. The number of likely N-dealkylation sites (tertiary alicyclic amines) is 1. The van der Waals surface area contributed by atoms with Gasteiger partial charge in [-0.05, 0) is 69.0 Å². The lowest BCUT2D eigenvalue weighted by Crippen LogP contribution is -2.35. The minimum absolute atomic E-state index is 0.0334. The highest BCUT2D eigenvalue weighted by molar-refractivity contribution is 5.89. The molecule has 0 spiro atoms. The summed E-state index contributed by atoms with van der Waals surface area (Å²) in [5, 5.41) is 10.2. The molecule has 0 aromatic heterocycles. The first kappa shape index (κ1) is 18.1. The molecule has 2 amide bonds. The maximum Gasteiger partial charge on any atom is 0.321 e. The lowest BCUT2D eigenvalue weighted by atomic mass is 9.97. The Balaban J connectivity index is 1.53. The Morgan fingerprint density at radius 2 is 1.64 bits per heavy atom. The highest BCUT2D eigenvalue weighted by Gasteiger charge is 2.19. The lowest BCUT2D eigenvalue weighted by Gasteiger charge is -2.24. The molecule has 2 unspecified atom stereocenters. The molecule has 5 heteroatoms. The lowest BCUT2D eigenvalue weighted by molar-refractivity contribution is 0.214. The molecule has 0 bridgehead atoms. The molecular weight excluding hydrogens is 312 g/mol. The predicted octanol–water partition coefficient (Wildman–Crippen LogP) is 3.89. The minimum Gasteiger partial charge on any atom is -0.382 e. The van der Waals surface area contributed by atoms with E-state index in [1.807, 2.05) is 17.0 Å². The van der Waals surface area contributed by atoms with Crippen molar-refractivity contribution < 1.29 is 4.79 Å². The van der Waals surface area contributed by atoms with Crippen LogP contribution in [-0.4, -0.2) is 43.2 Å². The second-order valence-electron chi connectivity index (χ2n) is 7.46. The molecule has 25 heavy (non-hydrogen) atoms. The fourth-order valence-electron chi connectivity index (χ4n) is 3.75. The van der Waals surface area contributed by atoms with Gasteiger partial charge in [0.25, 0.3) is 0 Å². The standard InChI is InChI=1S/C20H32N4O/c1-16-10-12-21-13-11-19(16)22-17-6-8-18(9-7-17)23-20(25)24-14-4-2-3-5-15-24/h6-9,16,19,21-22H,2-5,10-15H2,1H3,(H,23,25). The number of rotatable bonds is 3. The molecule has 1 aromatic rings. The van der Waals surface area contributed by atoms with Crippen LogP contribution in [0.2, 0.25) is 0 Å². The van der Waals surface area contributed by atoms with Gasteiger partial charge in [-0.25, -0.2) is 4.79 Å². The summed E-state index contributed by atoms with van der Waals surface area (Å²) in [6.07, 6.45) is 7.06. The molecule has 3 N–H and O–H groups in total. The van der Waals surface area contributed by atoms with Crippen molar-refractivity contribution in [1.29, 1.82) is 0 Å². The van der Waals surface area contributed by atoms with E-state index in [0.717, 1.165) is 56.8 Å². The summed E-state index contributed by atoms with van der Waals surface area (Å²) in [4.78, 5) is 14.3. The Morgan fingerprint density at radius 1 is 1.00 bits per heavy atom. The molecule has 0 aliphatic carbocycles. The molecule has 3 rings (SSSR count). The van der Waals surface area contributed by atoms with E-state index in [9.17, 15) is 4.79 Å². The van der Waals surface area contributed by atoms with E-state index >= 15 is 0 Å². The average Bonchev–Trinajstić information content (AvgIpc) is 3.00. The van der Waals surface area contributed by atoms with E-state index in [1.54, 1.807) is 0 Å². The SMILES string of the molecule is CC1CCNCCC1Nc1ccc(NC(=O)N2CCCCCC2)cc1. The third-order valence-electron chi connectivity index (χ3n) is 5.48. The fraction of sp³-hybridized carbons (Fsp3) is 0.650. The van der Waals surface area contributed by atoms with Gasteiger partial charge in [-0.15, -0.1) is 0 Å². The number of nitrogens with one attached hydrogen (secondary N) is 3. The van der Waals surface area contributed by atoms with Gasteiger partial charge in [0, 0.05) is 30.5 Å². The summed E-state index contributed by atoms with van der Waals surface area (Å²) < 4.78 is 0. The number of carbonyl (C=O) groups is 1. The molecule has 1 aromatic carbocycles. The molecule has 0 radical (unpaired) electrons. The Hall–Kier alpha value is -1.75. The Bertz CT molecular complexity index is 537. The van der Waals surface area contributed by atoms with Crippen molar-refractivity contribution in [3.63, 3.8) is 0 Å². The summed E-state index contributed by atoms with van der Waals surface area (Å²) in [5.41, 5.74) is 2.00. The number of urea groups is 1. The highest BCUT2D eigenvalue weighted by Crippen LogP contribution is 2.21. The van der Waals surface area contributed by atoms with Gasteiger partial charge in [-0.3, -0.25) is 0 Å². The Kier molecular flexibility index (Phi) is 6.56. The maximum atomic E-state index is 12.4. The van der Waals surface area contributed by atoms with Crippen molar-refractivity contribution >= 4 is 17.4 Å². The van der Waals surface area contributed by atoms with E-state index in [4.69, 9.17) is 0 Å². The number of amides is 2. The number of nitrogens with zero attached hydrogens (tertiary/aromatic N) is 1. The van der Waals surface area contributed by atoms with E-state index < -0.39 is 0 Å². The number of hydrogen-bond acceptors (Lipinski definition) is 3. The fourth-order valence-corrected chi connectivity index (χ4v) is 3.75. The summed E-state index contributed by atoms with van der Waals surface area (Å²) in [6, 6.07) is 8.68. The molecule has 2 aliphatic heterocycles. The van der Waals surface area contributed by atoms with Gasteiger partial charge in [0.05, 0.1) is 0 Å². The normalized spacial score (nSPS) is 24.9. The summed E-state index contributed by atoms with van der Waals surface area (Å²) in [6.45, 7) is 6.26. The smallest absolute Gasteiger partial charge is 0.321 e. The van der Waals surface area contributed by atoms with E-state index in [1.165, 1.54) is 19.3 Å². The average molecular weight is 345 g/mol. The Labute approximate surface area is 151 Å². The van der Waals surface area contributed by atoms with Crippen molar-refractivity contribution in [2.45, 2.75) is 51.5 Å². The van der Waals surface area contributed by atoms with Gasteiger partial charge in [-0.2, -0.15) is 0 Å². The van der Waals surface area contributed by atoms with Gasteiger partial charge in [0.15, 0.2) is 0 Å². The zero-order chi connectivity index (χ0) is 17.5. The third kappa shape index (κ3) is 5.36. The van der Waals surface area contributed by atoms with E-state index in [2.05, 4.69) is 35.0 Å². The quantitative estimate of drug-likeness (QED) is 0.779. The molecule has 138 valence electrons. The van der Waals surface area contributed by atoms with Crippen LogP contribution >= 0.6 is 0 Å². The van der Waals surface area contributed by atoms with Gasteiger partial charge in [-0.1, -0.05) is 19.8 Å². The van der Waals surface area contributed by atoms with Crippen LogP contribution in [-0.2, 0) is 0 Å². The van der Waals surface area contributed by atoms with Crippen LogP contribution in [0.1, 0.15) is 45.4 Å². The second-order valence-corrected chi connectivity index (χ2v) is 7.46. The van der Waals surface area contributed by atoms with Crippen molar-refractivity contribution in [1.82, 2.24) is 10.2 Å². The maximum absolute atomic E-state index is 12.4. The largest absolute Gasteiger partial charge is 0.382 e. The monoisotopic (exact) mass is 344 g/mol. The van der Waals surface area contributed by atoms with Crippen molar-refractivity contribution in [3.8, 4) is 0 Å².